The van der Waals surface area contributed by atoms with Crippen molar-refractivity contribution in [2.75, 3.05) is 0 Å². The van der Waals surface area contributed by atoms with E-state index < -0.39 is 5.97 Å². The van der Waals surface area contributed by atoms with E-state index in [4.69, 9.17) is 5.11 Å². The van der Waals surface area contributed by atoms with E-state index in [2.05, 4.69) is 4.98 Å². The Kier molecular flexibility index (Phi) is 1.71. The molecule has 0 radical (unpaired) electrons. The molecule has 3 rings (SSSR count). The van der Waals surface area contributed by atoms with Crippen LogP contribution in [0.3, 0.4) is 0 Å². The lowest BCUT2D eigenvalue weighted by atomic mass is 10.2. The van der Waals surface area contributed by atoms with Crippen LogP contribution in [0.2, 0.25) is 0 Å². The number of carboxylic acid groups (broad SMARTS) is 1. The molecule has 0 aliphatic rings. The molecule has 3 aromatic rings. The van der Waals surface area contributed by atoms with E-state index in [-0.39, 0.29) is 5.69 Å². The van der Waals surface area contributed by atoms with Crippen molar-refractivity contribution in [1.82, 2.24) is 9.38 Å². The van der Waals surface area contributed by atoms with Crippen molar-refractivity contribution in [3.8, 4) is 0 Å². The van der Waals surface area contributed by atoms with Crippen LogP contribution in [0.1, 0.15) is 10.5 Å². The van der Waals surface area contributed by atoms with E-state index in [9.17, 15) is 4.79 Å². The molecule has 0 atom stereocenters. The molecule has 0 saturated carbocycles. The Morgan fingerprint density at radius 2 is 1.94 bits per heavy atom. The van der Waals surface area contributed by atoms with E-state index >= 15 is 0 Å². The molecular weight excluding hydrogens is 204 g/mol. The van der Waals surface area contributed by atoms with Gasteiger partial charge >= 0.3 is 5.97 Å². The first-order valence-corrected chi connectivity index (χ1v) is 4.85. The summed E-state index contributed by atoms with van der Waals surface area (Å²) >= 11 is 0. The Morgan fingerprint density at radius 3 is 2.75 bits per heavy atom. The van der Waals surface area contributed by atoms with Crippen molar-refractivity contribution < 1.29 is 9.90 Å². The monoisotopic (exact) mass is 212 g/mol. The fraction of sp³-hybridized carbons (Fsp3) is 0. The molecule has 0 saturated heterocycles. The summed E-state index contributed by atoms with van der Waals surface area (Å²) in [6, 6.07) is 11.5. The molecule has 1 N–H and O–H groups in total. The molecule has 16 heavy (non-hydrogen) atoms. The first-order chi connectivity index (χ1) is 7.77. The summed E-state index contributed by atoms with van der Waals surface area (Å²) in [6.07, 6.45) is 1.54. The number of aromatic nitrogens is 2. The van der Waals surface area contributed by atoms with Gasteiger partial charge in [-0.1, -0.05) is 24.3 Å². The maximum absolute atomic E-state index is 10.9. The second-order valence-electron chi connectivity index (χ2n) is 3.55. The number of aromatic carboxylic acids is 1. The normalized spacial score (nSPS) is 11.0. The van der Waals surface area contributed by atoms with Crippen molar-refractivity contribution in [3.63, 3.8) is 0 Å². The molecule has 0 fully saturated rings. The summed E-state index contributed by atoms with van der Waals surface area (Å²) in [7, 11) is 0. The molecule has 2 aromatic heterocycles. The summed E-state index contributed by atoms with van der Waals surface area (Å²) in [5.74, 6) is -1.00. The molecule has 0 aliphatic heterocycles. The Morgan fingerprint density at radius 1 is 1.12 bits per heavy atom. The average Bonchev–Trinajstić information content (AvgIpc) is 2.73. The van der Waals surface area contributed by atoms with Gasteiger partial charge in [-0.3, -0.25) is 4.40 Å². The zero-order valence-electron chi connectivity index (χ0n) is 8.29. The van der Waals surface area contributed by atoms with Gasteiger partial charge < -0.3 is 5.11 Å². The first kappa shape index (κ1) is 8.91. The lowest BCUT2D eigenvalue weighted by Crippen LogP contribution is -1.97. The van der Waals surface area contributed by atoms with Gasteiger partial charge in [0.15, 0.2) is 5.69 Å². The quantitative estimate of drug-likeness (QED) is 0.672. The predicted molar refractivity (Wildman–Crippen MR) is 59.7 cm³/mol. The van der Waals surface area contributed by atoms with Gasteiger partial charge in [0, 0.05) is 0 Å². The van der Waals surface area contributed by atoms with Crippen LogP contribution in [0.15, 0.2) is 42.7 Å². The first-order valence-electron chi connectivity index (χ1n) is 4.85. The molecule has 78 valence electrons. The van der Waals surface area contributed by atoms with E-state index in [1.807, 2.05) is 30.3 Å². The van der Waals surface area contributed by atoms with Gasteiger partial charge in [-0.05, 0) is 17.5 Å². The third-order valence-electron chi connectivity index (χ3n) is 2.62. The number of fused-ring (bicyclic) bond motifs is 3. The number of imidazole rings is 1. The Labute approximate surface area is 90.8 Å². The molecule has 4 nitrogen and oxygen atoms in total. The highest BCUT2D eigenvalue weighted by molar-refractivity contribution is 5.95. The number of benzene rings is 1. The number of hydrogen-bond donors (Lipinski definition) is 1. The van der Waals surface area contributed by atoms with Crippen LogP contribution in [0, 0.1) is 0 Å². The summed E-state index contributed by atoms with van der Waals surface area (Å²) in [5, 5.41) is 10.0. The van der Waals surface area contributed by atoms with Crippen LogP contribution in [0.4, 0.5) is 0 Å². The lowest BCUT2D eigenvalue weighted by molar-refractivity contribution is 0.0693. The van der Waals surface area contributed by atoms with Gasteiger partial charge in [-0.2, -0.15) is 0 Å². The minimum atomic E-state index is -1.00. The van der Waals surface area contributed by atoms with Crippen LogP contribution < -0.4 is 0 Å². The second kappa shape index (κ2) is 3.06. The zero-order valence-corrected chi connectivity index (χ0v) is 8.29. The lowest BCUT2D eigenvalue weighted by Gasteiger charge is -2.01. The van der Waals surface area contributed by atoms with Gasteiger partial charge in [0.25, 0.3) is 0 Å². The SMILES string of the molecule is O=C(O)c1ncn2c1ccc1ccccc12. The van der Waals surface area contributed by atoms with Gasteiger partial charge in [-0.25, -0.2) is 9.78 Å². The number of pyridine rings is 1. The Hall–Kier alpha value is -2.36. The van der Waals surface area contributed by atoms with Crippen LogP contribution in [-0.2, 0) is 0 Å². The summed E-state index contributed by atoms with van der Waals surface area (Å²) in [4.78, 5) is 14.8. The van der Waals surface area contributed by atoms with Crippen LogP contribution in [-0.4, -0.2) is 20.5 Å². The zero-order chi connectivity index (χ0) is 11.1. The molecule has 0 amide bonds. The fourth-order valence-corrected chi connectivity index (χ4v) is 1.89. The fourth-order valence-electron chi connectivity index (χ4n) is 1.89. The van der Waals surface area contributed by atoms with Crippen LogP contribution >= 0.6 is 0 Å². The van der Waals surface area contributed by atoms with E-state index in [0.717, 1.165) is 10.9 Å². The Bertz CT molecular complexity index is 700. The van der Waals surface area contributed by atoms with E-state index in [0.29, 0.717) is 5.52 Å². The van der Waals surface area contributed by atoms with Crippen molar-refractivity contribution in [2.45, 2.75) is 0 Å². The number of carbonyl (C=O) groups is 1. The maximum atomic E-state index is 10.9. The summed E-state index contributed by atoms with van der Waals surface area (Å²) in [5.41, 5.74) is 1.66. The predicted octanol–water partition coefficient (Wildman–Crippen LogP) is 2.19. The molecule has 4 heteroatoms. The molecule has 2 heterocycles. The van der Waals surface area contributed by atoms with Crippen molar-refractivity contribution in [2.24, 2.45) is 0 Å². The van der Waals surface area contributed by atoms with Crippen molar-refractivity contribution in [3.05, 3.63) is 48.4 Å². The smallest absolute Gasteiger partial charge is 0.356 e. The van der Waals surface area contributed by atoms with Crippen LogP contribution in [0.5, 0.6) is 0 Å². The number of nitrogens with zero attached hydrogens (tertiary/aromatic N) is 2. The largest absolute Gasteiger partial charge is 0.476 e. The number of para-hydroxylation sites is 1. The van der Waals surface area contributed by atoms with E-state index in [1.54, 1.807) is 16.8 Å². The van der Waals surface area contributed by atoms with Gasteiger partial charge in [-0.15, -0.1) is 0 Å². The maximum Gasteiger partial charge on any atom is 0.356 e. The molecule has 0 bridgehead atoms. The van der Waals surface area contributed by atoms with E-state index in [1.165, 1.54) is 0 Å². The molecule has 1 aromatic carbocycles. The molecular formula is C12H8N2O2. The highest BCUT2D eigenvalue weighted by Gasteiger charge is 2.12. The van der Waals surface area contributed by atoms with Gasteiger partial charge in [0.1, 0.15) is 6.33 Å². The molecule has 0 unspecified atom stereocenters. The third kappa shape index (κ3) is 1.10. The Balaban J connectivity index is 2.49. The topological polar surface area (TPSA) is 54.6 Å². The second-order valence-corrected chi connectivity index (χ2v) is 3.55. The standard InChI is InChI=1S/C12H8N2O2/c15-12(16)11-10-6-5-8-3-1-2-4-9(8)14(10)7-13-11/h1-7H,(H,15,16). The third-order valence-corrected chi connectivity index (χ3v) is 2.62. The molecule has 0 aliphatic carbocycles. The number of carboxylic acids is 1. The highest BCUT2D eigenvalue weighted by Crippen LogP contribution is 2.18. The van der Waals surface area contributed by atoms with Crippen molar-refractivity contribution >= 4 is 22.4 Å². The minimum Gasteiger partial charge on any atom is -0.476 e. The summed E-state index contributed by atoms with van der Waals surface area (Å²) < 4.78 is 1.79. The van der Waals surface area contributed by atoms with Crippen LogP contribution in [0.25, 0.3) is 16.4 Å². The van der Waals surface area contributed by atoms with Gasteiger partial charge in [0.2, 0.25) is 0 Å². The average molecular weight is 212 g/mol. The molecule has 0 spiro atoms. The highest BCUT2D eigenvalue weighted by atomic mass is 16.4. The number of rotatable bonds is 1. The minimum absolute atomic E-state index is 0.0887. The van der Waals surface area contributed by atoms with Gasteiger partial charge in [0.05, 0.1) is 11.0 Å². The number of hydrogen-bond acceptors (Lipinski definition) is 2. The van der Waals surface area contributed by atoms with Crippen molar-refractivity contribution in [1.29, 1.82) is 0 Å². The summed E-state index contributed by atoms with van der Waals surface area (Å²) in [6.45, 7) is 0.